The van der Waals surface area contributed by atoms with Crippen LogP contribution >= 0.6 is 0 Å². The maximum atomic E-state index is 12.8. The summed E-state index contributed by atoms with van der Waals surface area (Å²) in [5, 5.41) is 11.8. The Balaban J connectivity index is 1.59. The highest BCUT2D eigenvalue weighted by atomic mass is 16.1. The lowest BCUT2D eigenvalue weighted by atomic mass is 10.0. The van der Waals surface area contributed by atoms with Crippen LogP contribution in [0, 0.1) is 20.8 Å². The van der Waals surface area contributed by atoms with Crippen LogP contribution in [0.3, 0.4) is 0 Å². The molecule has 0 saturated heterocycles. The van der Waals surface area contributed by atoms with Crippen LogP contribution in [-0.2, 0) is 13.0 Å². The molecule has 1 aromatic carbocycles. The normalized spacial score (nSPS) is 16.2. The Hall–Kier alpha value is -2.93. The van der Waals surface area contributed by atoms with E-state index in [1.165, 1.54) is 11.1 Å². The number of carbonyl (C=O) groups is 1. The predicted molar refractivity (Wildman–Crippen MR) is 104 cm³/mol. The van der Waals surface area contributed by atoms with E-state index in [1.807, 2.05) is 22.4 Å². The number of hydrogen-bond donors (Lipinski definition) is 2. The lowest BCUT2D eigenvalue weighted by Gasteiger charge is -2.20. The van der Waals surface area contributed by atoms with Crippen molar-refractivity contribution >= 4 is 11.7 Å². The predicted octanol–water partition coefficient (Wildman–Crippen LogP) is 2.52. The van der Waals surface area contributed by atoms with Crippen LogP contribution in [0.2, 0.25) is 0 Å². The molecule has 0 radical (unpaired) electrons. The quantitative estimate of drug-likeness (QED) is 0.747. The monoisotopic (exact) mass is 364 g/mol. The molecule has 0 saturated carbocycles. The number of nitrogens with two attached hydrogens (primary N) is 1. The first-order chi connectivity index (χ1) is 12.9. The number of benzene rings is 1. The Kier molecular flexibility index (Phi) is 4.31. The van der Waals surface area contributed by atoms with Crippen molar-refractivity contribution in [1.29, 1.82) is 0 Å². The van der Waals surface area contributed by atoms with Gasteiger partial charge in [0.25, 0.3) is 5.91 Å². The Labute approximate surface area is 158 Å². The largest absolute Gasteiger partial charge is 0.327 e. The first kappa shape index (κ1) is 17.5. The minimum absolute atomic E-state index is 0.0757. The summed E-state index contributed by atoms with van der Waals surface area (Å²) in [6.45, 7) is 6.85. The molecule has 7 heteroatoms. The minimum atomic E-state index is -0.199. The average Bonchev–Trinajstić information content (AvgIpc) is 3.17. The Morgan fingerprint density at radius 3 is 2.67 bits per heavy atom. The van der Waals surface area contributed by atoms with Crippen LogP contribution in [0.1, 0.15) is 39.3 Å². The van der Waals surface area contributed by atoms with Crippen LogP contribution < -0.4 is 11.1 Å². The van der Waals surface area contributed by atoms with Crippen molar-refractivity contribution in [2.45, 2.75) is 46.2 Å². The van der Waals surface area contributed by atoms with Crippen LogP contribution in [0.25, 0.3) is 5.69 Å². The van der Waals surface area contributed by atoms with Gasteiger partial charge in [0.05, 0.1) is 23.1 Å². The molecule has 1 aliphatic rings. The first-order valence-electron chi connectivity index (χ1n) is 9.17. The third kappa shape index (κ3) is 3.38. The maximum absolute atomic E-state index is 12.8. The fourth-order valence-corrected chi connectivity index (χ4v) is 3.70. The molecule has 27 heavy (non-hydrogen) atoms. The van der Waals surface area contributed by atoms with Gasteiger partial charge in [0.2, 0.25) is 0 Å². The summed E-state index contributed by atoms with van der Waals surface area (Å²) in [5.74, 6) is 0.326. The molecule has 0 bridgehead atoms. The van der Waals surface area contributed by atoms with E-state index < -0.39 is 0 Å². The smallest absolute Gasteiger partial charge is 0.260 e. The molecular formula is C20H24N6O. The van der Waals surface area contributed by atoms with E-state index in [9.17, 15) is 4.79 Å². The lowest BCUT2D eigenvalue weighted by molar-refractivity contribution is 0.102. The SMILES string of the molecule is Cc1cc(C)cc(-n2nc(NC(=O)c3cnn4c3CC(N)CC4)cc2C)c1. The molecule has 1 aliphatic heterocycles. The standard InChI is InChI=1S/C20H24N6O/c1-12-6-13(2)8-16(7-12)26-14(3)9-19(24-26)23-20(27)17-11-22-25-5-4-15(21)10-18(17)25/h6-9,11,15H,4-5,10,21H2,1-3H3,(H,23,24,27). The van der Waals surface area contributed by atoms with E-state index in [4.69, 9.17) is 5.73 Å². The zero-order chi connectivity index (χ0) is 19.1. The molecular weight excluding hydrogens is 340 g/mol. The van der Waals surface area contributed by atoms with Crippen molar-refractivity contribution in [3.63, 3.8) is 0 Å². The zero-order valence-electron chi connectivity index (χ0n) is 15.9. The van der Waals surface area contributed by atoms with E-state index >= 15 is 0 Å². The second kappa shape index (κ2) is 6.66. The highest BCUT2D eigenvalue weighted by Crippen LogP contribution is 2.21. The number of nitrogens with one attached hydrogen (secondary N) is 1. The number of carbonyl (C=O) groups excluding carboxylic acids is 1. The molecule has 3 heterocycles. The molecule has 4 rings (SSSR count). The Morgan fingerprint density at radius 1 is 1.19 bits per heavy atom. The van der Waals surface area contributed by atoms with Gasteiger partial charge in [-0.05, 0) is 50.5 Å². The summed E-state index contributed by atoms with van der Waals surface area (Å²) in [7, 11) is 0. The van der Waals surface area contributed by atoms with Gasteiger partial charge in [-0.15, -0.1) is 5.10 Å². The van der Waals surface area contributed by atoms with Crippen LogP contribution in [0.15, 0.2) is 30.5 Å². The number of rotatable bonds is 3. The van der Waals surface area contributed by atoms with Gasteiger partial charge in [0, 0.05) is 30.8 Å². The second-order valence-corrected chi connectivity index (χ2v) is 7.36. The van der Waals surface area contributed by atoms with Gasteiger partial charge in [0.1, 0.15) is 0 Å². The fraction of sp³-hybridized carbons (Fsp3) is 0.350. The van der Waals surface area contributed by atoms with Crippen molar-refractivity contribution in [2.24, 2.45) is 5.73 Å². The van der Waals surface area contributed by atoms with Crippen molar-refractivity contribution < 1.29 is 4.79 Å². The van der Waals surface area contributed by atoms with Gasteiger partial charge in [-0.3, -0.25) is 9.48 Å². The summed E-state index contributed by atoms with van der Waals surface area (Å²) >= 11 is 0. The van der Waals surface area contributed by atoms with Gasteiger partial charge >= 0.3 is 0 Å². The Bertz CT molecular complexity index is 995. The molecule has 2 aromatic heterocycles. The van der Waals surface area contributed by atoms with E-state index in [0.717, 1.165) is 30.0 Å². The van der Waals surface area contributed by atoms with E-state index in [-0.39, 0.29) is 11.9 Å². The summed E-state index contributed by atoms with van der Waals surface area (Å²) in [5.41, 5.74) is 11.8. The fourth-order valence-electron chi connectivity index (χ4n) is 3.70. The van der Waals surface area contributed by atoms with Gasteiger partial charge in [0.15, 0.2) is 5.82 Å². The molecule has 0 aliphatic carbocycles. The lowest BCUT2D eigenvalue weighted by Crippen LogP contribution is -2.32. The number of fused-ring (bicyclic) bond motifs is 1. The third-order valence-corrected chi connectivity index (χ3v) is 4.94. The maximum Gasteiger partial charge on any atom is 0.260 e. The van der Waals surface area contributed by atoms with Gasteiger partial charge < -0.3 is 11.1 Å². The third-order valence-electron chi connectivity index (χ3n) is 4.94. The number of anilines is 1. The molecule has 3 N–H and O–H groups in total. The highest BCUT2D eigenvalue weighted by Gasteiger charge is 2.24. The Morgan fingerprint density at radius 2 is 1.93 bits per heavy atom. The van der Waals surface area contributed by atoms with Gasteiger partial charge in [-0.2, -0.15) is 5.10 Å². The van der Waals surface area contributed by atoms with Crippen LogP contribution in [0.5, 0.6) is 0 Å². The number of nitrogens with zero attached hydrogens (tertiary/aromatic N) is 4. The van der Waals surface area contributed by atoms with Crippen molar-refractivity contribution in [1.82, 2.24) is 19.6 Å². The second-order valence-electron chi connectivity index (χ2n) is 7.36. The number of aryl methyl sites for hydroxylation is 4. The summed E-state index contributed by atoms with van der Waals surface area (Å²) in [4.78, 5) is 12.8. The molecule has 7 nitrogen and oxygen atoms in total. The van der Waals surface area contributed by atoms with Crippen LogP contribution in [0.4, 0.5) is 5.82 Å². The van der Waals surface area contributed by atoms with Crippen molar-refractivity contribution in [3.8, 4) is 5.69 Å². The van der Waals surface area contributed by atoms with Gasteiger partial charge in [-0.25, -0.2) is 4.68 Å². The topological polar surface area (TPSA) is 90.8 Å². The zero-order valence-corrected chi connectivity index (χ0v) is 15.9. The van der Waals surface area contributed by atoms with Crippen molar-refractivity contribution in [2.75, 3.05) is 5.32 Å². The highest BCUT2D eigenvalue weighted by molar-refractivity contribution is 6.04. The summed E-state index contributed by atoms with van der Waals surface area (Å²) in [6, 6.07) is 8.23. The number of amides is 1. The molecule has 0 spiro atoms. The molecule has 1 atom stereocenters. The molecule has 1 amide bonds. The van der Waals surface area contributed by atoms with E-state index in [2.05, 4.69) is 47.6 Å². The summed E-state index contributed by atoms with van der Waals surface area (Å²) in [6.07, 6.45) is 3.17. The molecule has 0 fully saturated rings. The minimum Gasteiger partial charge on any atom is -0.327 e. The van der Waals surface area contributed by atoms with E-state index in [0.29, 0.717) is 17.8 Å². The molecule has 3 aromatic rings. The van der Waals surface area contributed by atoms with Crippen LogP contribution in [-0.4, -0.2) is 31.5 Å². The first-order valence-corrected chi connectivity index (χ1v) is 9.17. The molecule has 1 unspecified atom stereocenters. The average molecular weight is 364 g/mol. The van der Waals surface area contributed by atoms with Crippen molar-refractivity contribution in [3.05, 3.63) is 58.5 Å². The van der Waals surface area contributed by atoms with E-state index in [1.54, 1.807) is 6.20 Å². The molecule has 140 valence electrons. The van der Waals surface area contributed by atoms with Gasteiger partial charge in [-0.1, -0.05) is 6.07 Å². The number of hydrogen-bond acceptors (Lipinski definition) is 4. The summed E-state index contributed by atoms with van der Waals surface area (Å²) < 4.78 is 3.72. The number of aromatic nitrogens is 4.